The van der Waals surface area contributed by atoms with Crippen LogP contribution in [0, 0.1) is 5.82 Å². The molecule has 0 aliphatic carbocycles. The van der Waals surface area contributed by atoms with E-state index in [4.69, 9.17) is 4.74 Å². The Morgan fingerprint density at radius 2 is 1.83 bits per heavy atom. The number of nitrogens with zero attached hydrogens (tertiary/aromatic N) is 5. The minimum Gasteiger partial charge on any atom is -0.483 e. The fraction of sp³-hybridized carbons (Fsp3) is 0.346. The molecule has 184 valence electrons. The maximum Gasteiger partial charge on any atom is 0.233 e. The van der Waals surface area contributed by atoms with Gasteiger partial charge in [-0.05, 0) is 24.6 Å². The highest BCUT2D eigenvalue weighted by atomic mass is 32.2. The second-order valence-corrected chi connectivity index (χ2v) is 9.25. The number of aromatic nitrogens is 3. The molecule has 3 aromatic rings. The van der Waals surface area contributed by atoms with Gasteiger partial charge in [-0.15, -0.1) is 16.8 Å². The molecule has 35 heavy (non-hydrogen) atoms. The van der Waals surface area contributed by atoms with E-state index in [9.17, 15) is 9.18 Å². The van der Waals surface area contributed by atoms with Crippen molar-refractivity contribution >= 4 is 17.7 Å². The molecule has 0 radical (unpaired) electrons. The molecular formula is C26H30FN5O2S. The number of piperazine rings is 1. The van der Waals surface area contributed by atoms with Gasteiger partial charge in [0.05, 0.1) is 5.75 Å². The molecule has 2 heterocycles. The maximum absolute atomic E-state index is 13.9. The van der Waals surface area contributed by atoms with Crippen LogP contribution >= 0.6 is 11.8 Å². The monoisotopic (exact) mass is 495 g/mol. The summed E-state index contributed by atoms with van der Waals surface area (Å²) in [6, 6.07) is 17.0. The number of benzene rings is 2. The quantitative estimate of drug-likeness (QED) is 0.311. The second-order valence-electron chi connectivity index (χ2n) is 8.31. The molecule has 4 rings (SSSR count). The van der Waals surface area contributed by atoms with Crippen molar-refractivity contribution in [3.05, 3.63) is 84.5 Å². The molecule has 1 atom stereocenters. The van der Waals surface area contributed by atoms with E-state index in [0.29, 0.717) is 36.7 Å². The molecule has 1 amide bonds. The molecule has 0 bridgehead atoms. The van der Waals surface area contributed by atoms with Crippen LogP contribution < -0.4 is 4.74 Å². The Morgan fingerprint density at radius 1 is 1.11 bits per heavy atom. The first kappa shape index (κ1) is 24.9. The average molecular weight is 496 g/mol. The van der Waals surface area contributed by atoms with Crippen LogP contribution in [0.2, 0.25) is 0 Å². The van der Waals surface area contributed by atoms with Crippen molar-refractivity contribution in [2.24, 2.45) is 0 Å². The lowest BCUT2D eigenvalue weighted by molar-refractivity contribution is -0.130. The van der Waals surface area contributed by atoms with Gasteiger partial charge in [0.25, 0.3) is 0 Å². The zero-order chi connectivity index (χ0) is 24.6. The third kappa shape index (κ3) is 6.29. The highest BCUT2D eigenvalue weighted by Crippen LogP contribution is 2.23. The van der Waals surface area contributed by atoms with Crippen LogP contribution in [0.3, 0.4) is 0 Å². The fourth-order valence-corrected chi connectivity index (χ4v) is 4.94. The van der Waals surface area contributed by atoms with Crippen molar-refractivity contribution in [1.29, 1.82) is 0 Å². The van der Waals surface area contributed by atoms with Gasteiger partial charge < -0.3 is 9.64 Å². The number of para-hydroxylation sites is 1. The molecule has 0 spiro atoms. The third-order valence-electron chi connectivity index (χ3n) is 6.12. The van der Waals surface area contributed by atoms with Crippen LogP contribution in [0.15, 0.2) is 72.4 Å². The number of carbonyl (C=O) groups excluding carboxylic acids is 1. The van der Waals surface area contributed by atoms with Crippen LogP contribution in [0.5, 0.6) is 5.75 Å². The molecule has 1 saturated heterocycles. The molecule has 0 unspecified atom stereocenters. The predicted molar refractivity (Wildman–Crippen MR) is 135 cm³/mol. The number of hydrogen-bond acceptors (Lipinski definition) is 6. The van der Waals surface area contributed by atoms with Gasteiger partial charge in [0.2, 0.25) is 5.91 Å². The number of hydrogen-bond donors (Lipinski definition) is 0. The highest BCUT2D eigenvalue weighted by molar-refractivity contribution is 7.99. The zero-order valence-electron chi connectivity index (χ0n) is 19.8. The summed E-state index contributed by atoms with van der Waals surface area (Å²) in [6.45, 7) is 9.64. The van der Waals surface area contributed by atoms with Crippen molar-refractivity contribution in [2.45, 2.75) is 31.3 Å². The number of rotatable bonds is 10. The van der Waals surface area contributed by atoms with Crippen molar-refractivity contribution < 1.29 is 13.9 Å². The Hall–Kier alpha value is -3.17. The first-order valence-electron chi connectivity index (χ1n) is 11.7. The number of allylic oxidation sites excluding steroid dienone is 1. The number of carbonyl (C=O) groups is 1. The van der Waals surface area contributed by atoms with Gasteiger partial charge >= 0.3 is 0 Å². The van der Waals surface area contributed by atoms with Crippen LogP contribution in [0.25, 0.3) is 0 Å². The summed E-state index contributed by atoms with van der Waals surface area (Å²) in [5.41, 5.74) is 1.29. The van der Waals surface area contributed by atoms with E-state index in [1.165, 1.54) is 23.4 Å². The van der Waals surface area contributed by atoms with Crippen molar-refractivity contribution in [3.63, 3.8) is 0 Å². The van der Waals surface area contributed by atoms with Crippen LogP contribution in [-0.4, -0.2) is 62.4 Å². The Kier molecular flexibility index (Phi) is 8.54. The minimum atomic E-state index is -0.430. The number of ether oxygens (including phenoxy) is 1. The minimum absolute atomic E-state index is 0.0673. The van der Waals surface area contributed by atoms with Gasteiger partial charge in [0.1, 0.15) is 6.61 Å². The molecule has 7 nitrogen and oxygen atoms in total. The van der Waals surface area contributed by atoms with E-state index in [2.05, 4.69) is 52.9 Å². The fourth-order valence-electron chi connectivity index (χ4n) is 4.07. The molecule has 1 aromatic heterocycles. The lowest BCUT2D eigenvalue weighted by Crippen LogP contribution is -2.49. The smallest absolute Gasteiger partial charge is 0.233 e. The molecular weight excluding hydrogens is 465 g/mol. The van der Waals surface area contributed by atoms with E-state index in [0.717, 1.165) is 13.1 Å². The summed E-state index contributed by atoms with van der Waals surface area (Å²) < 4.78 is 21.3. The molecule has 1 fully saturated rings. The lowest BCUT2D eigenvalue weighted by atomic mass is 10.1. The van der Waals surface area contributed by atoms with Crippen molar-refractivity contribution in [1.82, 2.24) is 24.6 Å². The highest BCUT2D eigenvalue weighted by Gasteiger charge is 2.25. The molecule has 0 saturated carbocycles. The molecule has 1 aliphatic rings. The summed E-state index contributed by atoms with van der Waals surface area (Å²) in [4.78, 5) is 17.2. The Morgan fingerprint density at radius 3 is 2.54 bits per heavy atom. The first-order chi connectivity index (χ1) is 17.1. The Balaban J connectivity index is 1.30. The summed E-state index contributed by atoms with van der Waals surface area (Å²) in [5.74, 6) is 0.634. The number of halogens is 1. The lowest BCUT2D eigenvalue weighted by Gasteiger charge is -2.38. The van der Waals surface area contributed by atoms with Crippen molar-refractivity contribution in [2.75, 3.05) is 31.9 Å². The number of thioether (sulfide) groups is 1. The first-order valence-corrected chi connectivity index (χ1v) is 12.6. The van der Waals surface area contributed by atoms with Crippen LogP contribution in [-0.2, 0) is 17.9 Å². The van der Waals surface area contributed by atoms with E-state index < -0.39 is 5.82 Å². The second kappa shape index (κ2) is 12.0. The topological polar surface area (TPSA) is 63.5 Å². The molecule has 0 N–H and O–H groups in total. The van der Waals surface area contributed by atoms with Gasteiger partial charge in [-0.2, -0.15) is 0 Å². The maximum atomic E-state index is 13.9. The Bertz CT molecular complexity index is 1130. The zero-order valence-corrected chi connectivity index (χ0v) is 20.7. The van der Waals surface area contributed by atoms with Crippen LogP contribution in [0.1, 0.15) is 24.4 Å². The van der Waals surface area contributed by atoms with E-state index in [1.54, 1.807) is 24.3 Å². The standard InChI is InChI=1S/C26H30FN5O2S/c1-3-13-32-24(18-34-23-12-8-7-11-22(23)27)28-29-26(32)35-19-25(33)31-16-14-30(15-17-31)20(2)21-9-5-4-6-10-21/h3-12,20H,1,13-19H2,2H3/t20-/m1/s1. The summed E-state index contributed by atoms with van der Waals surface area (Å²) in [7, 11) is 0. The predicted octanol–water partition coefficient (Wildman–Crippen LogP) is 4.18. The summed E-state index contributed by atoms with van der Waals surface area (Å²) in [5, 5.41) is 9.04. The van der Waals surface area contributed by atoms with Crippen LogP contribution in [0.4, 0.5) is 4.39 Å². The van der Waals surface area contributed by atoms with E-state index >= 15 is 0 Å². The van der Waals surface area contributed by atoms with Gasteiger partial charge in [-0.25, -0.2) is 4.39 Å². The van der Waals surface area contributed by atoms with Gasteiger partial charge in [0, 0.05) is 38.8 Å². The molecule has 1 aliphatic heterocycles. The van der Waals surface area contributed by atoms with Gasteiger partial charge in [-0.1, -0.05) is 60.3 Å². The Labute approximate surface area is 209 Å². The molecule has 9 heteroatoms. The molecule has 2 aromatic carbocycles. The summed E-state index contributed by atoms with van der Waals surface area (Å²) in [6.07, 6.45) is 1.73. The number of amides is 1. The van der Waals surface area contributed by atoms with Gasteiger partial charge in [-0.3, -0.25) is 14.3 Å². The third-order valence-corrected chi connectivity index (χ3v) is 7.07. The van der Waals surface area contributed by atoms with E-state index in [-0.39, 0.29) is 24.0 Å². The van der Waals surface area contributed by atoms with Crippen molar-refractivity contribution in [3.8, 4) is 5.75 Å². The normalized spacial score (nSPS) is 15.1. The van der Waals surface area contributed by atoms with Gasteiger partial charge in [0.15, 0.2) is 22.5 Å². The summed E-state index contributed by atoms with van der Waals surface area (Å²) >= 11 is 1.35. The average Bonchev–Trinajstić information content (AvgIpc) is 3.28. The van der Waals surface area contributed by atoms with E-state index in [1.807, 2.05) is 15.5 Å². The SMILES string of the molecule is C=CCn1c(COc2ccccc2F)nnc1SCC(=O)N1CCN([C@H](C)c2ccccc2)CC1. The largest absolute Gasteiger partial charge is 0.483 e.